The van der Waals surface area contributed by atoms with E-state index in [4.69, 9.17) is 4.74 Å². The number of ketones is 1. The standard InChI is InChI=1S/C25H35N3O4/c1-25(2,3)22(24(31)28-14-11-20-21(28)19(29)15-32-20)26-23(30)18-7-5-16(6-8-18)17-9-12-27(4)13-10-17/h5-8,17,20-22H,9-15H2,1-4H3,(H,26,30)/t20-,21-,22?/m1/s1. The minimum atomic E-state index is -0.726. The third kappa shape index (κ3) is 4.59. The summed E-state index contributed by atoms with van der Waals surface area (Å²) in [5.41, 5.74) is 1.31. The number of likely N-dealkylation sites (tertiary alicyclic amines) is 2. The van der Waals surface area contributed by atoms with E-state index in [0.717, 1.165) is 25.9 Å². The Morgan fingerprint density at radius 2 is 1.72 bits per heavy atom. The first-order valence-corrected chi connectivity index (χ1v) is 11.7. The zero-order chi connectivity index (χ0) is 23.0. The number of amides is 2. The average molecular weight is 442 g/mol. The number of carbonyl (C=O) groups is 3. The van der Waals surface area contributed by atoms with E-state index in [1.165, 1.54) is 5.56 Å². The highest BCUT2D eigenvalue weighted by atomic mass is 16.5. The Kier molecular flexibility index (Phi) is 6.41. The molecule has 3 heterocycles. The molecular weight excluding hydrogens is 406 g/mol. The van der Waals surface area contributed by atoms with Gasteiger partial charge in [0.2, 0.25) is 5.91 Å². The summed E-state index contributed by atoms with van der Waals surface area (Å²) in [7, 11) is 2.15. The van der Waals surface area contributed by atoms with E-state index in [1.54, 1.807) is 4.90 Å². The van der Waals surface area contributed by atoms with Crippen LogP contribution in [0.15, 0.2) is 24.3 Å². The molecule has 4 rings (SSSR count). The van der Waals surface area contributed by atoms with Crippen LogP contribution in [0.2, 0.25) is 0 Å². The van der Waals surface area contributed by atoms with Crippen LogP contribution in [0.4, 0.5) is 0 Å². The molecule has 3 atom stereocenters. The first kappa shape index (κ1) is 22.9. The highest BCUT2D eigenvalue weighted by Gasteiger charge is 2.49. The quantitative estimate of drug-likeness (QED) is 0.775. The fourth-order valence-electron chi connectivity index (χ4n) is 5.12. The Hall–Kier alpha value is -2.25. The van der Waals surface area contributed by atoms with Gasteiger partial charge in [0.15, 0.2) is 5.78 Å². The molecule has 174 valence electrons. The molecule has 1 aromatic carbocycles. The number of benzene rings is 1. The van der Waals surface area contributed by atoms with Gasteiger partial charge in [0.25, 0.3) is 5.91 Å². The molecule has 3 fully saturated rings. The van der Waals surface area contributed by atoms with E-state index in [9.17, 15) is 14.4 Å². The van der Waals surface area contributed by atoms with Crippen molar-refractivity contribution in [3.05, 3.63) is 35.4 Å². The number of hydrogen-bond acceptors (Lipinski definition) is 5. The molecule has 2 amide bonds. The maximum atomic E-state index is 13.4. The van der Waals surface area contributed by atoms with Crippen molar-refractivity contribution in [1.29, 1.82) is 0 Å². The van der Waals surface area contributed by atoms with Crippen molar-refractivity contribution < 1.29 is 19.1 Å². The summed E-state index contributed by atoms with van der Waals surface area (Å²) < 4.78 is 5.52. The number of carbonyl (C=O) groups excluding carboxylic acids is 3. The second kappa shape index (κ2) is 8.94. The molecule has 7 heteroatoms. The molecule has 0 aromatic heterocycles. The number of hydrogen-bond donors (Lipinski definition) is 1. The molecule has 0 spiro atoms. The van der Waals surface area contributed by atoms with Gasteiger partial charge in [-0.05, 0) is 68.4 Å². The molecule has 0 saturated carbocycles. The van der Waals surface area contributed by atoms with Gasteiger partial charge in [-0.3, -0.25) is 14.4 Å². The average Bonchev–Trinajstić information content (AvgIpc) is 3.34. The number of Topliss-reactive ketones (excluding diaryl/α,β-unsaturated/α-hetero) is 1. The summed E-state index contributed by atoms with van der Waals surface area (Å²) in [5, 5.41) is 2.96. The SMILES string of the molecule is CN1CCC(c2ccc(C(=O)NC(C(=O)N3CC[C@H]4OCC(=O)[C@H]43)C(C)(C)C)cc2)CC1. The number of piperidine rings is 1. The fourth-order valence-corrected chi connectivity index (χ4v) is 5.12. The van der Waals surface area contributed by atoms with Gasteiger partial charge >= 0.3 is 0 Å². The minimum Gasteiger partial charge on any atom is -0.368 e. The largest absolute Gasteiger partial charge is 0.368 e. The van der Waals surface area contributed by atoms with Gasteiger partial charge < -0.3 is 19.9 Å². The van der Waals surface area contributed by atoms with Gasteiger partial charge in [0.1, 0.15) is 18.7 Å². The number of nitrogens with one attached hydrogen (secondary N) is 1. The van der Waals surface area contributed by atoms with Crippen LogP contribution >= 0.6 is 0 Å². The van der Waals surface area contributed by atoms with Crippen molar-refractivity contribution >= 4 is 17.6 Å². The van der Waals surface area contributed by atoms with Crippen molar-refractivity contribution in [2.45, 2.75) is 64.1 Å². The topological polar surface area (TPSA) is 79.0 Å². The third-order valence-corrected chi connectivity index (χ3v) is 7.15. The first-order chi connectivity index (χ1) is 15.1. The van der Waals surface area contributed by atoms with Gasteiger partial charge in [0.05, 0.1) is 6.10 Å². The normalized spacial score (nSPS) is 25.6. The van der Waals surface area contributed by atoms with Crippen LogP contribution in [0.3, 0.4) is 0 Å². The lowest BCUT2D eigenvalue weighted by molar-refractivity contribution is -0.140. The van der Waals surface area contributed by atoms with Crippen LogP contribution in [-0.2, 0) is 14.3 Å². The van der Waals surface area contributed by atoms with E-state index >= 15 is 0 Å². The van der Waals surface area contributed by atoms with Crippen molar-refractivity contribution in [2.75, 3.05) is 33.3 Å². The lowest BCUT2D eigenvalue weighted by atomic mass is 9.85. The molecule has 0 aliphatic carbocycles. The Labute approximate surface area is 190 Å². The van der Waals surface area contributed by atoms with Crippen LogP contribution in [0.25, 0.3) is 0 Å². The molecule has 3 aliphatic rings. The zero-order valence-corrected chi connectivity index (χ0v) is 19.6. The summed E-state index contributed by atoms with van der Waals surface area (Å²) in [6.45, 7) is 8.52. The van der Waals surface area contributed by atoms with Crippen molar-refractivity contribution in [3.63, 3.8) is 0 Å². The Morgan fingerprint density at radius 3 is 2.34 bits per heavy atom. The molecule has 0 radical (unpaired) electrons. The molecule has 3 saturated heterocycles. The van der Waals surface area contributed by atoms with Gasteiger partial charge in [-0.1, -0.05) is 32.9 Å². The van der Waals surface area contributed by atoms with Gasteiger partial charge in [-0.25, -0.2) is 0 Å². The smallest absolute Gasteiger partial charge is 0.251 e. The molecule has 32 heavy (non-hydrogen) atoms. The van der Waals surface area contributed by atoms with Gasteiger partial charge in [-0.2, -0.15) is 0 Å². The van der Waals surface area contributed by atoms with Crippen LogP contribution < -0.4 is 5.32 Å². The van der Waals surface area contributed by atoms with Crippen LogP contribution in [0.1, 0.15) is 61.9 Å². The second-order valence-electron chi connectivity index (χ2n) is 10.6. The third-order valence-electron chi connectivity index (χ3n) is 7.15. The fraction of sp³-hybridized carbons (Fsp3) is 0.640. The summed E-state index contributed by atoms with van der Waals surface area (Å²) in [6, 6.07) is 6.55. The minimum absolute atomic E-state index is 0.0515. The summed E-state index contributed by atoms with van der Waals surface area (Å²) in [4.78, 5) is 42.7. The maximum absolute atomic E-state index is 13.4. The molecule has 1 N–H and O–H groups in total. The Morgan fingerprint density at radius 1 is 1.06 bits per heavy atom. The number of ether oxygens (including phenoxy) is 1. The molecule has 0 bridgehead atoms. The number of rotatable bonds is 4. The summed E-state index contributed by atoms with van der Waals surface area (Å²) in [6.07, 6.45) is 2.70. The Balaban J connectivity index is 1.45. The highest BCUT2D eigenvalue weighted by Crippen LogP contribution is 2.31. The van der Waals surface area contributed by atoms with E-state index < -0.39 is 17.5 Å². The maximum Gasteiger partial charge on any atom is 0.251 e. The highest BCUT2D eigenvalue weighted by molar-refractivity contribution is 5.99. The van der Waals surface area contributed by atoms with Crippen LogP contribution in [0.5, 0.6) is 0 Å². The van der Waals surface area contributed by atoms with E-state index in [0.29, 0.717) is 24.4 Å². The lowest BCUT2D eigenvalue weighted by Crippen LogP contribution is -2.57. The number of nitrogens with zero attached hydrogens (tertiary/aromatic N) is 2. The van der Waals surface area contributed by atoms with E-state index in [2.05, 4.69) is 17.3 Å². The van der Waals surface area contributed by atoms with Crippen molar-refractivity contribution in [1.82, 2.24) is 15.1 Å². The second-order valence-corrected chi connectivity index (χ2v) is 10.6. The van der Waals surface area contributed by atoms with Gasteiger partial charge in [0, 0.05) is 12.1 Å². The first-order valence-electron chi connectivity index (χ1n) is 11.7. The lowest BCUT2D eigenvalue weighted by Gasteiger charge is -2.35. The van der Waals surface area contributed by atoms with E-state index in [1.807, 2.05) is 45.0 Å². The summed E-state index contributed by atoms with van der Waals surface area (Å²) in [5.74, 6) is 0.00363. The monoisotopic (exact) mass is 441 g/mol. The molecule has 7 nitrogen and oxygen atoms in total. The summed E-state index contributed by atoms with van der Waals surface area (Å²) >= 11 is 0. The molecule has 1 aromatic rings. The van der Waals surface area contributed by atoms with Crippen LogP contribution in [-0.4, -0.2) is 78.9 Å². The number of fused-ring (bicyclic) bond motifs is 1. The Bertz CT molecular complexity index is 868. The molecule has 1 unspecified atom stereocenters. The predicted octanol–water partition coefficient (Wildman–Crippen LogP) is 2.21. The van der Waals surface area contributed by atoms with Crippen molar-refractivity contribution in [3.8, 4) is 0 Å². The van der Waals surface area contributed by atoms with Crippen molar-refractivity contribution in [2.24, 2.45) is 5.41 Å². The predicted molar refractivity (Wildman–Crippen MR) is 121 cm³/mol. The zero-order valence-electron chi connectivity index (χ0n) is 19.6. The van der Waals surface area contributed by atoms with Crippen LogP contribution in [0, 0.1) is 5.41 Å². The molecular formula is C25H35N3O4. The van der Waals surface area contributed by atoms with Gasteiger partial charge in [-0.15, -0.1) is 0 Å². The molecule has 3 aliphatic heterocycles. The van der Waals surface area contributed by atoms with E-state index in [-0.39, 0.29) is 30.3 Å².